The second kappa shape index (κ2) is 8.52. The molecule has 0 amide bonds. The van der Waals surface area contributed by atoms with Gasteiger partial charge in [0, 0.05) is 19.7 Å². The maximum atomic E-state index is 4.62. The number of hydrogen-bond acceptors (Lipinski definition) is 5. The van der Waals surface area contributed by atoms with Crippen molar-refractivity contribution in [1.82, 2.24) is 24.6 Å². The zero-order chi connectivity index (χ0) is 20.3. The molecule has 0 spiro atoms. The predicted molar refractivity (Wildman–Crippen MR) is 114 cm³/mol. The summed E-state index contributed by atoms with van der Waals surface area (Å²) in [5.41, 5.74) is 5.52. The lowest BCUT2D eigenvalue weighted by Crippen LogP contribution is -2.27. The number of anilines is 1. The summed E-state index contributed by atoms with van der Waals surface area (Å²) in [4.78, 5) is 11.4. The van der Waals surface area contributed by atoms with Crippen molar-refractivity contribution >= 4 is 5.82 Å². The number of nitrogens with one attached hydrogen (secondary N) is 1. The topological polar surface area (TPSA) is 58.9 Å². The molecule has 3 aromatic rings. The largest absolute Gasteiger partial charge is 0.368 e. The van der Waals surface area contributed by atoms with Crippen molar-refractivity contribution in [2.24, 2.45) is 7.05 Å². The van der Waals surface area contributed by atoms with E-state index < -0.39 is 0 Å². The van der Waals surface area contributed by atoms with Crippen LogP contribution in [0, 0.1) is 13.8 Å². The first-order chi connectivity index (χ1) is 13.4. The van der Waals surface area contributed by atoms with Crippen LogP contribution in [0.2, 0.25) is 0 Å². The van der Waals surface area contributed by atoms with Gasteiger partial charge in [-0.25, -0.2) is 9.97 Å². The number of rotatable bonds is 7. The summed E-state index contributed by atoms with van der Waals surface area (Å²) in [5, 5.41) is 8.05. The van der Waals surface area contributed by atoms with Gasteiger partial charge in [0.1, 0.15) is 11.6 Å². The fourth-order valence-electron chi connectivity index (χ4n) is 3.32. The number of aryl methyl sites for hydroxylation is 4. The van der Waals surface area contributed by atoms with E-state index in [-0.39, 0.29) is 6.04 Å². The van der Waals surface area contributed by atoms with Gasteiger partial charge >= 0.3 is 0 Å². The Morgan fingerprint density at radius 2 is 1.79 bits per heavy atom. The molecule has 0 aliphatic rings. The summed E-state index contributed by atoms with van der Waals surface area (Å²) in [7, 11) is 6.16. The van der Waals surface area contributed by atoms with Crippen molar-refractivity contribution in [3.8, 4) is 11.4 Å². The molecule has 1 N–H and O–H groups in total. The van der Waals surface area contributed by atoms with Crippen LogP contribution in [0.15, 0.2) is 36.4 Å². The highest BCUT2D eigenvalue weighted by Crippen LogP contribution is 2.23. The SMILES string of the molecule is CCc1cc(-c2cc(NCC(c3ccc(C)cc3)N(C)C)nc(C)n2)n(C)n1. The van der Waals surface area contributed by atoms with E-state index in [4.69, 9.17) is 0 Å². The maximum Gasteiger partial charge on any atom is 0.130 e. The summed E-state index contributed by atoms with van der Waals surface area (Å²) in [6.07, 6.45) is 0.907. The van der Waals surface area contributed by atoms with Gasteiger partial charge in [-0.2, -0.15) is 5.10 Å². The van der Waals surface area contributed by atoms with Crippen molar-refractivity contribution in [2.45, 2.75) is 33.2 Å². The first-order valence-corrected chi connectivity index (χ1v) is 9.73. The third-order valence-corrected chi connectivity index (χ3v) is 4.96. The summed E-state index contributed by atoms with van der Waals surface area (Å²) < 4.78 is 1.89. The van der Waals surface area contributed by atoms with E-state index >= 15 is 0 Å². The second-order valence-electron chi connectivity index (χ2n) is 7.45. The standard InChI is InChI=1S/C22H30N6/c1-7-18-12-20(28(6)26-18)19-13-22(25-16(3)24-19)23-14-21(27(4)5)17-10-8-15(2)9-11-17/h8-13,21H,7,14H2,1-6H3,(H,23,24,25). The minimum Gasteiger partial charge on any atom is -0.368 e. The molecule has 3 rings (SSSR count). The summed E-state index contributed by atoms with van der Waals surface area (Å²) in [6.45, 7) is 6.91. The minimum absolute atomic E-state index is 0.253. The summed E-state index contributed by atoms with van der Waals surface area (Å²) in [6, 6.07) is 13.1. The third kappa shape index (κ3) is 4.57. The van der Waals surface area contributed by atoms with Gasteiger partial charge in [0.25, 0.3) is 0 Å². The molecule has 148 valence electrons. The molecule has 2 aromatic heterocycles. The van der Waals surface area contributed by atoms with Crippen LogP contribution in [0.1, 0.15) is 35.6 Å². The molecule has 0 aliphatic heterocycles. The van der Waals surface area contributed by atoms with E-state index in [1.165, 1.54) is 11.1 Å². The van der Waals surface area contributed by atoms with Crippen LogP contribution >= 0.6 is 0 Å². The molecular weight excluding hydrogens is 348 g/mol. The van der Waals surface area contributed by atoms with E-state index in [9.17, 15) is 0 Å². The highest BCUT2D eigenvalue weighted by Gasteiger charge is 2.15. The van der Waals surface area contributed by atoms with Crippen LogP contribution in [0.5, 0.6) is 0 Å². The Bertz CT molecular complexity index is 927. The third-order valence-electron chi connectivity index (χ3n) is 4.96. The first-order valence-electron chi connectivity index (χ1n) is 9.73. The zero-order valence-corrected chi connectivity index (χ0v) is 17.7. The molecule has 0 fully saturated rings. The van der Waals surface area contributed by atoms with Crippen molar-refractivity contribution < 1.29 is 0 Å². The van der Waals surface area contributed by atoms with Gasteiger partial charge in [-0.3, -0.25) is 4.68 Å². The second-order valence-corrected chi connectivity index (χ2v) is 7.45. The van der Waals surface area contributed by atoms with Crippen LogP contribution < -0.4 is 5.32 Å². The molecule has 0 saturated heterocycles. The summed E-state index contributed by atoms with van der Waals surface area (Å²) >= 11 is 0. The van der Waals surface area contributed by atoms with Crippen molar-refractivity contribution in [3.63, 3.8) is 0 Å². The smallest absolute Gasteiger partial charge is 0.130 e. The molecule has 2 heterocycles. The summed E-state index contributed by atoms with van der Waals surface area (Å²) in [5.74, 6) is 1.58. The Balaban J connectivity index is 1.82. The average Bonchev–Trinajstić information content (AvgIpc) is 3.03. The molecule has 6 nitrogen and oxygen atoms in total. The quantitative estimate of drug-likeness (QED) is 0.678. The number of benzene rings is 1. The zero-order valence-electron chi connectivity index (χ0n) is 17.7. The van der Waals surface area contributed by atoms with Gasteiger partial charge in [-0.05, 0) is 46.0 Å². The van der Waals surface area contributed by atoms with Gasteiger partial charge in [0.05, 0.1) is 23.1 Å². The highest BCUT2D eigenvalue weighted by atomic mass is 15.3. The minimum atomic E-state index is 0.253. The normalized spacial score (nSPS) is 12.4. The fraction of sp³-hybridized carbons (Fsp3) is 0.409. The molecule has 1 aromatic carbocycles. The number of aromatic nitrogens is 4. The molecule has 0 saturated carbocycles. The van der Waals surface area contributed by atoms with E-state index in [0.29, 0.717) is 0 Å². The van der Waals surface area contributed by atoms with Crippen LogP contribution in [-0.4, -0.2) is 45.3 Å². The fourth-order valence-corrected chi connectivity index (χ4v) is 3.32. The van der Waals surface area contributed by atoms with Crippen molar-refractivity contribution in [3.05, 3.63) is 59.0 Å². The van der Waals surface area contributed by atoms with E-state index in [2.05, 4.69) is 83.6 Å². The Morgan fingerprint density at radius 1 is 1.07 bits per heavy atom. The lowest BCUT2D eigenvalue weighted by Gasteiger charge is -2.25. The van der Waals surface area contributed by atoms with Crippen LogP contribution in [0.25, 0.3) is 11.4 Å². The molecule has 0 radical (unpaired) electrons. The lowest BCUT2D eigenvalue weighted by molar-refractivity contribution is 0.311. The van der Waals surface area contributed by atoms with Gasteiger partial charge in [0.2, 0.25) is 0 Å². The van der Waals surface area contributed by atoms with Crippen molar-refractivity contribution in [2.75, 3.05) is 26.0 Å². The van der Waals surface area contributed by atoms with Gasteiger partial charge < -0.3 is 10.2 Å². The van der Waals surface area contributed by atoms with Crippen LogP contribution in [-0.2, 0) is 13.5 Å². The lowest BCUT2D eigenvalue weighted by atomic mass is 10.0. The van der Waals surface area contributed by atoms with Crippen LogP contribution in [0.3, 0.4) is 0 Å². The average molecular weight is 379 g/mol. The molecule has 1 unspecified atom stereocenters. The molecular formula is C22H30N6. The van der Waals surface area contributed by atoms with Gasteiger partial charge in [-0.1, -0.05) is 36.8 Å². The van der Waals surface area contributed by atoms with Gasteiger partial charge in [-0.15, -0.1) is 0 Å². The van der Waals surface area contributed by atoms with Crippen LogP contribution in [0.4, 0.5) is 5.82 Å². The number of nitrogens with zero attached hydrogens (tertiary/aromatic N) is 5. The molecule has 6 heteroatoms. The Morgan fingerprint density at radius 3 is 2.39 bits per heavy atom. The van der Waals surface area contributed by atoms with Gasteiger partial charge in [0.15, 0.2) is 0 Å². The van der Waals surface area contributed by atoms with E-state index in [0.717, 1.165) is 41.7 Å². The first kappa shape index (κ1) is 20.0. The monoisotopic (exact) mass is 378 g/mol. The Kier molecular flexibility index (Phi) is 6.09. The number of likely N-dealkylation sites (N-methyl/N-ethyl adjacent to an activating group) is 1. The highest BCUT2D eigenvalue weighted by molar-refractivity contribution is 5.59. The molecule has 0 aliphatic carbocycles. The molecule has 1 atom stereocenters. The maximum absolute atomic E-state index is 4.62. The number of hydrogen-bond donors (Lipinski definition) is 1. The Labute approximate surface area is 167 Å². The molecule has 28 heavy (non-hydrogen) atoms. The van der Waals surface area contributed by atoms with Crippen molar-refractivity contribution in [1.29, 1.82) is 0 Å². The predicted octanol–water partition coefficient (Wildman–Crippen LogP) is 3.77. The van der Waals surface area contributed by atoms with E-state index in [1.807, 2.05) is 24.7 Å². The van der Waals surface area contributed by atoms with E-state index in [1.54, 1.807) is 0 Å². The molecule has 0 bridgehead atoms. The Hall–Kier alpha value is -2.73.